The van der Waals surface area contributed by atoms with E-state index in [9.17, 15) is 8.42 Å². The first-order valence-corrected chi connectivity index (χ1v) is 8.43. The maximum atomic E-state index is 12.5. The summed E-state index contributed by atoms with van der Waals surface area (Å²) in [6.45, 7) is 5.61. The zero-order valence-electron chi connectivity index (χ0n) is 11.6. The number of benzene rings is 2. The molecule has 1 N–H and O–H groups in total. The van der Waals surface area contributed by atoms with Crippen LogP contribution in [0.3, 0.4) is 0 Å². The van der Waals surface area contributed by atoms with Crippen LogP contribution < -0.4 is 4.72 Å². The standard InChI is InChI=1S/C15H16BrNO2S/c1-10-4-7-15(12(3)8-10)20(18,19)17-14-9-13(16)6-5-11(14)2/h4-9,17H,1-3H3. The van der Waals surface area contributed by atoms with E-state index in [0.29, 0.717) is 10.6 Å². The van der Waals surface area contributed by atoms with Gasteiger partial charge in [-0.15, -0.1) is 0 Å². The predicted octanol–water partition coefficient (Wildman–Crippen LogP) is 4.18. The number of anilines is 1. The summed E-state index contributed by atoms with van der Waals surface area (Å²) in [4.78, 5) is 0.308. The summed E-state index contributed by atoms with van der Waals surface area (Å²) < 4.78 is 28.4. The molecule has 2 aromatic carbocycles. The molecule has 3 nitrogen and oxygen atoms in total. The third kappa shape index (κ3) is 3.22. The van der Waals surface area contributed by atoms with Gasteiger partial charge in [0, 0.05) is 4.47 Å². The van der Waals surface area contributed by atoms with Gasteiger partial charge in [-0.25, -0.2) is 8.42 Å². The largest absolute Gasteiger partial charge is 0.279 e. The second-order valence-corrected chi connectivity index (χ2v) is 7.40. The first-order chi connectivity index (χ1) is 9.29. The van der Waals surface area contributed by atoms with Crippen LogP contribution in [0.5, 0.6) is 0 Å². The number of hydrogen-bond donors (Lipinski definition) is 1. The van der Waals surface area contributed by atoms with Gasteiger partial charge in [-0.2, -0.15) is 0 Å². The molecule has 0 radical (unpaired) electrons. The van der Waals surface area contributed by atoms with Crippen molar-refractivity contribution in [2.24, 2.45) is 0 Å². The molecule has 0 bridgehead atoms. The quantitative estimate of drug-likeness (QED) is 0.899. The molecule has 20 heavy (non-hydrogen) atoms. The van der Waals surface area contributed by atoms with E-state index in [-0.39, 0.29) is 0 Å². The molecular formula is C15H16BrNO2S. The van der Waals surface area contributed by atoms with Crippen LogP contribution in [0.1, 0.15) is 16.7 Å². The van der Waals surface area contributed by atoms with Crippen molar-refractivity contribution in [2.45, 2.75) is 25.7 Å². The second-order valence-electron chi connectivity index (χ2n) is 4.83. The lowest BCUT2D eigenvalue weighted by Gasteiger charge is -2.13. The SMILES string of the molecule is Cc1ccc(S(=O)(=O)Nc2cc(Br)ccc2C)c(C)c1. The lowest BCUT2D eigenvalue weighted by atomic mass is 10.2. The van der Waals surface area contributed by atoms with E-state index < -0.39 is 10.0 Å². The average Bonchev–Trinajstić information content (AvgIpc) is 2.33. The van der Waals surface area contributed by atoms with E-state index in [1.165, 1.54) is 0 Å². The van der Waals surface area contributed by atoms with Crippen molar-refractivity contribution in [3.05, 3.63) is 57.6 Å². The van der Waals surface area contributed by atoms with Crippen molar-refractivity contribution >= 4 is 31.6 Å². The lowest BCUT2D eigenvalue weighted by Crippen LogP contribution is -2.15. The molecule has 0 amide bonds. The molecule has 2 aromatic rings. The Bertz CT molecular complexity index is 754. The first kappa shape index (κ1) is 15.1. The summed E-state index contributed by atoms with van der Waals surface area (Å²) in [7, 11) is -3.57. The summed E-state index contributed by atoms with van der Waals surface area (Å²) in [5.74, 6) is 0. The van der Waals surface area contributed by atoms with Crippen LogP contribution in [0.15, 0.2) is 45.8 Å². The molecule has 0 aliphatic rings. The van der Waals surface area contributed by atoms with Crippen molar-refractivity contribution in [2.75, 3.05) is 4.72 Å². The minimum atomic E-state index is -3.57. The Labute approximate surface area is 128 Å². The van der Waals surface area contributed by atoms with Crippen molar-refractivity contribution in [1.29, 1.82) is 0 Å². The Morgan fingerprint density at radius 1 is 0.950 bits per heavy atom. The van der Waals surface area contributed by atoms with Crippen LogP contribution in [0.25, 0.3) is 0 Å². The minimum Gasteiger partial charge on any atom is -0.279 e. The molecule has 106 valence electrons. The number of rotatable bonds is 3. The van der Waals surface area contributed by atoms with Gasteiger partial charge in [-0.05, 0) is 50.1 Å². The van der Waals surface area contributed by atoms with Gasteiger partial charge >= 0.3 is 0 Å². The fourth-order valence-corrected chi connectivity index (χ4v) is 3.72. The van der Waals surface area contributed by atoms with Crippen LogP contribution >= 0.6 is 15.9 Å². The van der Waals surface area contributed by atoms with E-state index >= 15 is 0 Å². The Balaban J connectivity index is 2.43. The lowest BCUT2D eigenvalue weighted by molar-refractivity contribution is 0.600. The third-order valence-electron chi connectivity index (χ3n) is 3.06. The van der Waals surface area contributed by atoms with Gasteiger partial charge in [0.15, 0.2) is 0 Å². The van der Waals surface area contributed by atoms with Crippen LogP contribution in [0.2, 0.25) is 0 Å². The smallest absolute Gasteiger partial charge is 0.262 e. The highest BCUT2D eigenvalue weighted by molar-refractivity contribution is 9.10. The highest BCUT2D eigenvalue weighted by Crippen LogP contribution is 2.25. The topological polar surface area (TPSA) is 46.2 Å². The molecule has 0 aliphatic carbocycles. The third-order valence-corrected chi connectivity index (χ3v) is 5.08. The molecule has 0 aliphatic heterocycles. The number of aryl methyl sites for hydroxylation is 3. The molecule has 0 fully saturated rings. The second kappa shape index (κ2) is 5.58. The van der Waals surface area contributed by atoms with Crippen LogP contribution in [0, 0.1) is 20.8 Å². The van der Waals surface area contributed by atoms with E-state index in [2.05, 4.69) is 20.7 Å². The molecule has 0 saturated carbocycles. The molecule has 5 heteroatoms. The van der Waals surface area contributed by atoms with Crippen molar-refractivity contribution in [3.63, 3.8) is 0 Å². The van der Waals surface area contributed by atoms with E-state index in [1.54, 1.807) is 25.1 Å². The Kier molecular flexibility index (Phi) is 4.20. The van der Waals surface area contributed by atoms with Crippen LogP contribution in [-0.2, 0) is 10.0 Å². The fourth-order valence-electron chi connectivity index (χ4n) is 2.00. The van der Waals surface area contributed by atoms with Gasteiger partial charge in [0.1, 0.15) is 0 Å². The molecule has 0 heterocycles. The first-order valence-electron chi connectivity index (χ1n) is 6.16. The summed E-state index contributed by atoms with van der Waals surface area (Å²) in [5.41, 5.74) is 3.24. The number of nitrogens with one attached hydrogen (secondary N) is 1. The highest BCUT2D eigenvalue weighted by atomic mass is 79.9. The van der Waals surface area contributed by atoms with Gasteiger partial charge in [0.05, 0.1) is 10.6 Å². The summed E-state index contributed by atoms with van der Waals surface area (Å²) in [5, 5.41) is 0. The maximum absolute atomic E-state index is 12.5. The zero-order valence-corrected chi connectivity index (χ0v) is 14.0. The number of halogens is 1. The zero-order chi connectivity index (χ0) is 14.9. The molecular weight excluding hydrogens is 338 g/mol. The van der Waals surface area contributed by atoms with Crippen molar-refractivity contribution < 1.29 is 8.42 Å². The fraction of sp³-hybridized carbons (Fsp3) is 0.200. The highest BCUT2D eigenvalue weighted by Gasteiger charge is 2.17. The number of hydrogen-bond acceptors (Lipinski definition) is 2. The summed E-state index contributed by atoms with van der Waals surface area (Å²) in [6.07, 6.45) is 0. The summed E-state index contributed by atoms with van der Waals surface area (Å²) >= 11 is 3.35. The Morgan fingerprint density at radius 2 is 1.65 bits per heavy atom. The molecule has 0 atom stereocenters. The van der Waals surface area contributed by atoms with Crippen LogP contribution in [0.4, 0.5) is 5.69 Å². The van der Waals surface area contributed by atoms with Gasteiger partial charge in [0.2, 0.25) is 0 Å². The van der Waals surface area contributed by atoms with Gasteiger partial charge in [0.25, 0.3) is 10.0 Å². The van der Waals surface area contributed by atoms with Crippen LogP contribution in [-0.4, -0.2) is 8.42 Å². The minimum absolute atomic E-state index is 0.308. The maximum Gasteiger partial charge on any atom is 0.262 e. The monoisotopic (exact) mass is 353 g/mol. The van der Waals surface area contributed by atoms with Crippen molar-refractivity contribution in [3.8, 4) is 0 Å². The molecule has 0 unspecified atom stereocenters. The molecule has 0 saturated heterocycles. The molecule has 2 rings (SSSR count). The molecule has 0 aromatic heterocycles. The summed E-state index contributed by atoms with van der Waals surface area (Å²) in [6, 6.07) is 10.8. The average molecular weight is 354 g/mol. The predicted molar refractivity (Wildman–Crippen MR) is 85.6 cm³/mol. The Hall–Kier alpha value is -1.33. The van der Waals surface area contributed by atoms with E-state index in [0.717, 1.165) is 21.2 Å². The van der Waals surface area contributed by atoms with Crippen molar-refractivity contribution in [1.82, 2.24) is 0 Å². The van der Waals surface area contributed by atoms with Gasteiger partial charge < -0.3 is 0 Å². The van der Waals surface area contributed by atoms with Gasteiger partial charge in [-0.3, -0.25) is 4.72 Å². The van der Waals surface area contributed by atoms with Gasteiger partial charge in [-0.1, -0.05) is 39.7 Å². The molecule has 0 spiro atoms. The van der Waals surface area contributed by atoms with E-state index in [1.807, 2.05) is 32.0 Å². The Morgan fingerprint density at radius 3 is 2.30 bits per heavy atom. The normalized spacial score (nSPS) is 11.4. The van der Waals surface area contributed by atoms with E-state index in [4.69, 9.17) is 0 Å². The number of sulfonamides is 1.